The number of rotatable bonds is 7. The van der Waals surface area contributed by atoms with Gasteiger partial charge in [-0.1, -0.05) is 30.0 Å². The lowest BCUT2D eigenvalue weighted by atomic mass is 10.2. The van der Waals surface area contributed by atoms with Gasteiger partial charge in [0.25, 0.3) is 5.91 Å². The molecular formula is C20H19NO6S3. The molecule has 158 valence electrons. The molecule has 1 fully saturated rings. The van der Waals surface area contributed by atoms with E-state index < -0.39 is 10.1 Å². The topological polar surface area (TPSA) is 82.1 Å². The minimum Gasteiger partial charge on any atom is -0.497 e. The zero-order valence-electron chi connectivity index (χ0n) is 16.4. The minimum absolute atomic E-state index is 0.0126. The average Bonchev–Trinajstić information content (AvgIpc) is 2.96. The summed E-state index contributed by atoms with van der Waals surface area (Å²) in [7, 11) is -0.960. The summed E-state index contributed by atoms with van der Waals surface area (Å²) in [5.41, 5.74) is 0.654. The molecule has 3 rings (SSSR count). The van der Waals surface area contributed by atoms with Gasteiger partial charge in [-0.3, -0.25) is 9.69 Å². The summed E-state index contributed by atoms with van der Waals surface area (Å²) in [4.78, 5) is 14.1. The smallest absolute Gasteiger partial charge is 0.339 e. The molecule has 0 N–H and O–H groups in total. The van der Waals surface area contributed by atoms with Gasteiger partial charge < -0.3 is 13.7 Å². The van der Waals surface area contributed by atoms with Gasteiger partial charge in [0.1, 0.15) is 15.0 Å². The van der Waals surface area contributed by atoms with Crippen LogP contribution in [0.4, 0.5) is 0 Å². The lowest BCUT2D eigenvalue weighted by molar-refractivity contribution is -0.121. The Labute approximate surface area is 184 Å². The zero-order valence-corrected chi connectivity index (χ0v) is 18.9. The molecule has 1 aliphatic rings. The van der Waals surface area contributed by atoms with Crippen molar-refractivity contribution >= 4 is 50.4 Å². The van der Waals surface area contributed by atoms with E-state index in [4.69, 9.17) is 25.9 Å². The molecule has 0 radical (unpaired) electrons. The van der Waals surface area contributed by atoms with Gasteiger partial charge in [-0.2, -0.15) is 8.42 Å². The van der Waals surface area contributed by atoms with Gasteiger partial charge >= 0.3 is 10.1 Å². The van der Waals surface area contributed by atoms with E-state index in [1.54, 1.807) is 32.2 Å². The molecule has 2 aromatic rings. The van der Waals surface area contributed by atoms with Gasteiger partial charge in [-0.05, 0) is 55.0 Å². The number of ether oxygens (including phenoxy) is 2. The first-order valence-corrected chi connectivity index (χ1v) is 11.5. The third-order valence-electron chi connectivity index (χ3n) is 4.10. The van der Waals surface area contributed by atoms with Crippen molar-refractivity contribution in [3.8, 4) is 17.2 Å². The van der Waals surface area contributed by atoms with E-state index in [-0.39, 0.29) is 22.3 Å². The van der Waals surface area contributed by atoms with Crippen LogP contribution < -0.4 is 13.7 Å². The van der Waals surface area contributed by atoms with Crippen molar-refractivity contribution in [2.45, 2.75) is 11.8 Å². The van der Waals surface area contributed by atoms with E-state index in [1.165, 1.54) is 54.1 Å². The van der Waals surface area contributed by atoms with Crippen LogP contribution in [0.15, 0.2) is 52.3 Å². The van der Waals surface area contributed by atoms with Crippen molar-refractivity contribution in [2.75, 3.05) is 20.8 Å². The van der Waals surface area contributed by atoms with Gasteiger partial charge in [-0.15, -0.1) is 0 Å². The molecule has 1 heterocycles. The molecular weight excluding hydrogens is 446 g/mol. The molecule has 1 saturated heterocycles. The molecule has 10 heteroatoms. The van der Waals surface area contributed by atoms with Crippen molar-refractivity contribution < 1.29 is 26.9 Å². The summed E-state index contributed by atoms with van der Waals surface area (Å²) in [6.45, 7) is 2.08. The van der Waals surface area contributed by atoms with Crippen LogP contribution in [-0.4, -0.2) is 44.3 Å². The molecule has 0 spiro atoms. The Morgan fingerprint density at radius 1 is 1.13 bits per heavy atom. The van der Waals surface area contributed by atoms with Crippen LogP contribution in [0.5, 0.6) is 17.2 Å². The van der Waals surface area contributed by atoms with Crippen LogP contribution in [0.25, 0.3) is 6.08 Å². The molecule has 0 aromatic heterocycles. The van der Waals surface area contributed by atoms with Gasteiger partial charge in [0.15, 0.2) is 11.5 Å². The maximum absolute atomic E-state index is 12.6. The molecule has 0 atom stereocenters. The maximum atomic E-state index is 12.6. The van der Waals surface area contributed by atoms with Crippen molar-refractivity contribution in [1.82, 2.24) is 4.90 Å². The summed E-state index contributed by atoms with van der Waals surface area (Å²) in [6.07, 6.45) is 1.67. The standard InChI is InChI=1S/C20H19NO6S3/c1-4-26-17-11-13(12-18-19(22)21(2)20(28)29-18)5-10-16(17)27-30(23,24)15-8-6-14(25-3)7-9-15/h5-12H,4H2,1-3H3/b18-12-. The predicted octanol–water partition coefficient (Wildman–Crippen LogP) is 3.69. The molecule has 0 aliphatic carbocycles. The largest absolute Gasteiger partial charge is 0.497 e. The first kappa shape index (κ1) is 22.1. The maximum Gasteiger partial charge on any atom is 0.339 e. The lowest BCUT2D eigenvalue weighted by Crippen LogP contribution is -2.22. The highest BCUT2D eigenvalue weighted by Gasteiger charge is 2.28. The molecule has 0 bridgehead atoms. The monoisotopic (exact) mass is 465 g/mol. The number of amides is 1. The second-order valence-electron chi connectivity index (χ2n) is 6.09. The Balaban J connectivity index is 1.90. The molecule has 7 nitrogen and oxygen atoms in total. The number of nitrogens with zero attached hydrogens (tertiary/aromatic N) is 1. The Kier molecular flexibility index (Phi) is 6.69. The third kappa shape index (κ3) is 4.77. The van der Waals surface area contributed by atoms with Gasteiger partial charge in [0, 0.05) is 7.05 Å². The van der Waals surface area contributed by atoms with Crippen LogP contribution >= 0.6 is 24.0 Å². The van der Waals surface area contributed by atoms with Crippen LogP contribution in [-0.2, 0) is 14.9 Å². The van der Waals surface area contributed by atoms with Gasteiger partial charge in [-0.25, -0.2) is 0 Å². The average molecular weight is 466 g/mol. The second-order valence-corrected chi connectivity index (χ2v) is 9.31. The first-order valence-electron chi connectivity index (χ1n) is 8.82. The quantitative estimate of drug-likeness (QED) is 0.348. The predicted molar refractivity (Wildman–Crippen MR) is 119 cm³/mol. The van der Waals surface area contributed by atoms with Crippen molar-refractivity contribution in [3.05, 3.63) is 52.9 Å². The number of benzene rings is 2. The minimum atomic E-state index is -4.07. The summed E-state index contributed by atoms with van der Waals surface area (Å²) in [5, 5.41) is 0. The molecule has 30 heavy (non-hydrogen) atoms. The zero-order chi connectivity index (χ0) is 21.9. The highest BCUT2D eigenvalue weighted by atomic mass is 32.2. The fourth-order valence-electron chi connectivity index (χ4n) is 2.56. The lowest BCUT2D eigenvalue weighted by Gasteiger charge is -2.13. The summed E-state index contributed by atoms with van der Waals surface area (Å²) in [6, 6.07) is 10.6. The third-order valence-corrected chi connectivity index (χ3v) is 6.83. The van der Waals surface area contributed by atoms with Crippen LogP contribution in [0.3, 0.4) is 0 Å². The molecule has 2 aromatic carbocycles. The Hall–Kier alpha value is -2.56. The van der Waals surface area contributed by atoms with Gasteiger partial charge in [0.2, 0.25) is 0 Å². The van der Waals surface area contributed by atoms with E-state index in [2.05, 4.69) is 0 Å². The highest BCUT2D eigenvalue weighted by molar-refractivity contribution is 8.26. The van der Waals surface area contributed by atoms with E-state index in [1.807, 2.05) is 0 Å². The number of thiocarbonyl (C=S) groups is 1. The Morgan fingerprint density at radius 3 is 2.40 bits per heavy atom. The summed E-state index contributed by atoms with van der Waals surface area (Å²) < 4.78 is 41.7. The summed E-state index contributed by atoms with van der Waals surface area (Å²) in [5.74, 6) is 0.638. The molecule has 1 aliphatic heterocycles. The number of likely N-dealkylation sites (N-methyl/N-ethyl adjacent to an activating group) is 1. The fourth-order valence-corrected chi connectivity index (χ4v) is 4.68. The number of hydrogen-bond acceptors (Lipinski definition) is 8. The number of carbonyl (C=O) groups is 1. The number of carbonyl (C=O) groups excluding carboxylic acids is 1. The van der Waals surface area contributed by atoms with Crippen molar-refractivity contribution in [2.24, 2.45) is 0 Å². The Morgan fingerprint density at radius 2 is 1.83 bits per heavy atom. The van der Waals surface area contributed by atoms with Crippen LogP contribution in [0.2, 0.25) is 0 Å². The van der Waals surface area contributed by atoms with Crippen LogP contribution in [0, 0.1) is 0 Å². The van der Waals surface area contributed by atoms with E-state index in [0.29, 0.717) is 27.1 Å². The number of thioether (sulfide) groups is 1. The first-order chi connectivity index (χ1) is 14.2. The van der Waals surface area contributed by atoms with Crippen molar-refractivity contribution in [3.63, 3.8) is 0 Å². The van der Waals surface area contributed by atoms with Gasteiger partial charge in [0.05, 0.1) is 18.6 Å². The van der Waals surface area contributed by atoms with E-state index >= 15 is 0 Å². The highest BCUT2D eigenvalue weighted by Crippen LogP contribution is 2.35. The van der Waals surface area contributed by atoms with Crippen molar-refractivity contribution in [1.29, 1.82) is 0 Å². The molecule has 0 unspecified atom stereocenters. The van der Waals surface area contributed by atoms with Crippen LogP contribution in [0.1, 0.15) is 12.5 Å². The number of hydrogen-bond donors (Lipinski definition) is 0. The summed E-state index contributed by atoms with van der Waals surface area (Å²) >= 11 is 6.33. The van der Waals surface area contributed by atoms with E-state index in [0.717, 1.165) is 0 Å². The SMILES string of the molecule is CCOc1cc(/C=C2\SC(=S)N(C)C2=O)ccc1OS(=O)(=O)c1ccc(OC)cc1. The van der Waals surface area contributed by atoms with E-state index in [9.17, 15) is 13.2 Å². The number of methoxy groups -OCH3 is 1. The normalized spacial score (nSPS) is 15.6. The molecule has 1 amide bonds. The second kappa shape index (κ2) is 9.07. The fraction of sp³-hybridized carbons (Fsp3) is 0.200. The molecule has 0 saturated carbocycles. The Bertz CT molecular complexity index is 1110.